The van der Waals surface area contributed by atoms with E-state index in [0.29, 0.717) is 0 Å². The summed E-state index contributed by atoms with van der Waals surface area (Å²) in [4.78, 5) is 2.41. The third-order valence-electron chi connectivity index (χ3n) is 2.05. The average Bonchev–Trinajstić information content (AvgIpc) is 1.88. The van der Waals surface area contributed by atoms with E-state index in [0.717, 1.165) is 5.92 Å². The fourth-order valence-corrected chi connectivity index (χ4v) is 1.46. The SMILES string of the molecule is C[B]N1CCCC(C)C1. The van der Waals surface area contributed by atoms with Gasteiger partial charge in [-0.2, -0.15) is 0 Å². The first-order chi connectivity index (χ1) is 4.33. The van der Waals surface area contributed by atoms with Crippen LogP contribution in [0.1, 0.15) is 19.8 Å². The molecule has 0 saturated carbocycles. The van der Waals surface area contributed by atoms with Gasteiger partial charge in [-0.05, 0) is 31.8 Å². The minimum absolute atomic E-state index is 0.912. The molecule has 0 aromatic heterocycles. The molecule has 1 aliphatic heterocycles. The Balaban J connectivity index is 2.23. The Morgan fingerprint density at radius 2 is 2.33 bits per heavy atom. The molecule has 1 saturated heterocycles. The largest absolute Gasteiger partial charge is 0.347 e. The first-order valence-corrected chi connectivity index (χ1v) is 3.86. The highest BCUT2D eigenvalue weighted by atomic mass is 15.0. The molecule has 1 atom stereocenters. The third kappa shape index (κ3) is 2.01. The van der Waals surface area contributed by atoms with Gasteiger partial charge in [0.1, 0.15) is 0 Å². The second kappa shape index (κ2) is 3.26. The van der Waals surface area contributed by atoms with Crippen molar-refractivity contribution in [3.05, 3.63) is 0 Å². The summed E-state index contributed by atoms with van der Waals surface area (Å²) in [6.07, 6.45) is 2.80. The molecule has 1 rings (SSSR count). The lowest BCUT2D eigenvalue weighted by Gasteiger charge is -2.29. The van der Waals surface area contributed by atoms with Crippen molar-refractivity contribution in [1.82, 2.24) is 4.81 Å². The summed E-state index contributed by atoms with van der Waals surface area (Å²) in [5.41, 5.74) is 0. The van der Waals surface area contributed by atoms with Gasteiger partial charge in [0, 0.05) is 0 Å². The zero-order valence-electron chi connectivity index (χ0n) is 6.43. The summed E-state index contributed by atoms with van der Waals surface area (Å²) < 4.78 is 0. The lowest BCUT2D eigenvalue weighted by molar-refractivity contribution is 0.288. The van der Waals surface area contributed by atoms with E-state index in [1.807, 2.05) is 0 Å². The first kappa shape index (κ1) is 7.14. The number of piperidine rings is 1. The zero-order chi connectivity index (χ0) is 6.69. The van der Waals surface area contributed by atoms with Gasteiger partial charge in [0.05, 0.1) is 0 Å². The van der Waals surface area contributed by atoms with Gasteiger partial charge in [-0.15, -0.1) is 0 Å². The molecule has 0 N–H and O–H groups in total. The van der Waals surface area contributed by atoms with Crippen LogP contribution in [0.25, 0.3) is 0 Å². The Morgan fingerprint density at radius 3 is 2.78 bits per heavy atom. The van der Waals surface area contributed by atoms with Crippen molar-refractivity contribution in [2.24, 2.45) is 5.92 Å². The fourth-order valence-electron chi connectivity index (χ4n) is 1.46. The van der Waals surface area contributed by atoms with Gasteiger partial charge in [-0.25, -0.2) is 0 Å². The molecule has 1 aliphatic rings. The second-order valence-electron chi connectivity index (χ2n) is 3.00. The van der Waals surface area contributed by atoms with Crippen molar-refractivity contribution in [3.63, 3.8) is 0 Å². The molecule has 1 radical (unpaired) electrons. The highest BCUT2D eigenvalue weighted by molar-refractivity contribution is 6.29. The van der Waals surface area contributed by atoms with Crippen LogP contribution >= 0.6 is 0 Å². The molecule has 0 amide bonds. The van der Waals surface area contributed by atoms with Crippen molar-refractivity contribution in [3.8, 4) is 0 Å². The normalized spacial score (nSPS) is 30.2. The Bertz CT molecular complexity index is 85.0. The zero-order valence-corrected chi connectivity index (χ0v) is 6.43. The van der Waals surface area contributed by atoms with Crippen LogP contribution in [0.5, 0.6) is 0 Å². The van der Waals surface area contributed by atoms with Crippen molar-refractivity contribution >= 4 is 7.41 Å². The van der Waals surface area contributed by atoms with Crippen LogP contribution in [0.15, 0.2) is 0 Å². The van der Waals surface area contributed by atoms with Gasteiger partial charge < -0.3 is 4.81 Å². The highest BCUT2D eigenvalue weighted by Crippen LogP contribution is 2.13. The molecular formula is C7H15BN. The molecule has 51 valence electrons. The smallest absolute Gasteiger partial charge is 0.205 e. The Morgan fingerprint density at radius 1 is 1.56 bits per heavy atom. The predicted molar refractivity (Wildman–Crippen MR) is 41.6 cm³/mol. The van der Waals surface area contributed by atoms with Gasteiger partial charge in [-0.3, -0.25) is 0 Å². The van der Waals surface area contributed by atoms with Crippen LogP contribution in [-0.4, -0.2) is 25.3 Å². The van der Waals surface area contributed by atoms with E-state index in [4.69, 9.17) is 0 Å². The molecule has 0 spiro atoms. The molecular weight excluding hydrogens is 109 g/mol. The molecule has 2 heteroatoms. The van der Waals surface area contributed by atoms with Crippen LogP contribution in [-0.2, 0) is 0 Å². The molecule has 1 fully saturated rings. The number of hydrogen-bond donors (Lipinski definition) is 0. The average molecular weight is 124 g/mol. The topological polar surface area (TPSA) is 3.24 Å². The number of hydrogen-bond acceptors (Lipinski definition) is 1. The van der Waals surface area contributed by atoms with E-state index >= 15 is 0 Å². The lowest BCUT2D eigenvalue weighted by Crippen LogP contribution is -2.35. The van der Waals surface area contributed by atoms with E-state index < -0.39 is 0 Å². The summed E-state index contributed by atoms with van der Waals surface area (Å²) in [5, 5.41) is 0. The molecule has 0 aromatic carbocycles. The molecule has 0 aliphatic carbocycles. The number of rotatable bonds is 1. The fraction of sp³-hybridized carbons (Fsp3) is 1.00. The van der Waals surface area contributed by atoms with Crippen molar-refractivity contribution in [1.29, 1.82) is 0 Å². The summed E-state index contributed by atoms with van der Waals surface area (Å²) in [6.45, 7) is 7.00. The maximum absolute atomic E-state index is 2.41. The third-order valence-corrected chi connectivity index (χ3v) is 2.05. The quantitative estimate of drug-likeness (QED) is 0.477. The minimum Gasteiger partial charge on any atom is -0.347 e. The molecule has 0 aromatic rings. The van der Waals surface area contributed by atoms with E-state index in [-0.39, 0.29) is 0 Å². The lowest BCUT2D eigenvalue weighted by atomic mass is 9.89. The van der Waals surface area contributed by atoms with Crippen LogP contribution < -0.4 is 0 Å². The van der Waals surface area contributed by atoms with E-state index in [1.165, 1.54) is 25.9 Å². The molecule has 1 nitrogen and oxygen atoms in total. The van der Waals surface area contributed by atoms with Gasteiger partial charge in [0.2, 0.25) is 7.41 Å². The maximum atomic E-state index is 2.41. The van der Waals surface area contributed by atoms with E-state index in [9.17, 15) is 0 Å². The summed E-state index contributed by atoms with van der Waals surface area (Å²) in [5.74, 6) is 0.912. The predicted octanol–water partition coefficient (Wildman–Crippen LogP) is 1.39. The van der Waals surface area contributed by atoms with Crippen LogP contribution in [0.2, 0.25) is 6.82 Å². The van der Waals surface area contributed by atoms with Crippen LogP contribution in [0.4, 0.5) is 0 Å². The molecule has 9 heavy (non-hydrogen) atoms. The molecule has 1 heterocycles. The van der Waals surface area contributed by atoms with Crippen LogP contribution in [0.3, 0.4) is 0 Å². The standard InChI is InChI=1S/C7H15BN/c1-7-4-3-5-9(6-7)8-2/h7H,3-6H2,1-2H3. The minimum atomic E-state index is 0.912. The Hall–Kier alpha value is 0.0249. The van der Waals surface area contributed by atoms with E-state index in [2.05, 4.69) is 26.0 Å². The van der Waals surface area contributed by atoms with Gasteiger partial charge in [-0.1, -0.05) is 13.7 Å². The van der Waals surface area contributed by atoms with Gasteiger partial charge in [0.15, 0.2) is 0 Å². The molecule has 0 bridgehead atoms. The maximum Gasteiger partial charge on any atom is 0.205 e. The number of nitrogens with zero attached hydrogens (tertiary/aromatic N) is 1. The summed E-state index contributed by atoms with van der Waals surface area (Å²) in [6, 6.07) is 0. The second-order valence-corrected chi connectivity index (χ2v) is 3.00. The summed E-state index contributed by atoms with van der Waals surface area (Å²) >= 11 is 0. The Kier molecular flexibility index (Phi) is 2.58. The van der Waals surface area contributed by atoms with Gasteiger partial charge >= 0.3 is 0 Å². The summed E-state index contributed by atoms with van der Waals surface area (Å²) in [7, 11) is 2.20. The first-order valence-electron chi connectivity index (χ1n) is 3.86. The molecule has 1 unspecified atom stereocenters. The van der Waals surface area contributed by atoms with Crippen LogP contribution in [0, 0.1) is 5.92 Å². The van der Waals surface area contributed by atoms with Crippen molar-refractivity contribution in [2.75, 3.05) is 13.1 Å². The van der Waals surface area contributed by atoms with Crippen molar-refractivity contribution in [2.45, 2.75) is 26.6 Å². The van der Waals surface area contributed by atoms with E-state index in [1.54, 1.807) is 0 Å². The van der Waals surface area contributed by atoms with Gasteiger partial charge in [0.25, 0.3) is 0 Å². The van der Waals surface area contributed by atoms with Crippen molar-refractivity contribution < 1.29 is 0 Å². The highest BCUT2D eigenvalue weighted by Gasteiger charge is 2.13. The Labute approximate surface area is 58.7 Å². The monoisotopic (exact) mass is 124 g/mol.